The maximum absolute atomic E-state index is 12.3. The summed E-state index contributed by atoms with van der Waals surface area (Å²) in [6.45, 7) is 0. The third-order valence-corrected chi connectivity index (χ3v) is 3.83. The average Bonchev–Trinajstić information content (AvgIpc) is 2.75. The summed E-state index contributed by atoms with van der Waals surface area (Å²) >= 11 is 3.38. The number of rotatable bonds is 2. The standard InChI is InChI=1S/C17H14BrNO2/c1-19(2)13-6-3-11(4-7-13)9-16-17(20)14-8-5-12(18)10-15(14)21-16/h3-10H,1-2H3/b16-9-. The second-order valence-corrected chi connectivity index (χ2v) is 5.98. The van der Waals surface area contributed by atoms with E-state index < -0.39 is 0 Å². The number of fused-ring (bicyclic) bond motifs is 1. The highest BCUT2D eigenvalue weighted by Gasteiger charge is 2.27. The molecule has 0 saturated carbocycles. The molecular formula is C17H14BrNO2. The van der Waals surface area contributed by atoms with Crippen LogP contribution in [0.3, 0.4) is 0 Å². The first-order valence-corrected chi connectivity index (χ1v) is 7.35. The number of hydrogen-bond acceptors (Lipinski definition) is 3. The van der Waals surface area contributed by atoms with Gasteiger partial charge in [0.25, 0.3) is 0 Å². The van der Waals surface area contributed by atoms with Gasteiger partial charge < -0.3 is 9.64 Å². The fourth-order valence-electron chi connectivity index (χ4n) is 2.18. The molecule has 1 aliphatic rings. The van der Waals surface area contributed by atoms with Crippen molar-refractivity contribution in [3.8, 4) is 5.75 Å². The number of Topliss-reactive ketones (excluding diaryl/α,β-unsaturated/α-hetero) is 1. The predicted octanol–water partition coefficient (Wildman–Crippen LogP) is 4.13. The van der Waals surface area contributed by atoms with E-state index in [2.05, 4.69) is 15.9 Å². The van der Waals surface area contributed by atoms with E-state index in [0.717, 1.165) is 15.7 Å². The van der Waals surface area contributed by atoms with Gasteiger partial charge in [-0.3, -0.25) is 4.79 Å². The lowest BCUT2D eigenvalue weighted by Crippen LogP contribution is -2.08. The number of allylic oxidation sites excluding steroid dienone is 1. The molecule has 0 spiro atoms. The number of benzene rings is 2. The summed E-state index contributed by atoms with van der Waals surface area (Å²) in [5.41, 5.74) is 2.66. The first-order chi connectivity index (χ1) is 10.0. The Balaban J connectivity index is 1.90. The Morgan fingerprint density at radius 3 is 2.48 bits per heavy atom. The van der Waals surface area contributed by atoms with Crippen molar-refractivity contribution >= 4 is 33.5 Å². The smallest absolute Gasteiger partial charge is 0.231 e. The summed E-state index contributed by atoms with van der Waals surface area (Å²) in [5.74, 6) is 0.889. The van der Waals surface area contributed by atoms with Crippen molar-refractivity contribution in [1.82, 2.24) is 0 Å². The zero-order valence-corrected chi connectivity index (χ0v) is 13.3. The van der Waals surface area contributed by atoms with Crippen molar-refractivity contribution < 1.29 is 9.53 Å². The molecule has 1 aliphatic heterocycles. The SMILES string of the molecule is CN(C)c1ccc(/C=C2\Oc3cc(Br)ccc3C2=O)cc1. The van der Waals surface area contributed by atoms with Gasteiger partial charge in [0, 0.05) is 24.3 Å². The molecule has 0 radical (unpaired) electrons. The van der Waals surface area contributed by atoms with Crippen LogP contribution in [-0.2, 0) is 0 Å². The normalized spacial score (nSPS) is 15.0. The fourth-order valence-corrected chi connectivity index (χ4v) is 2.52. The largest absolute Gasteiger partial charge is 0.452 e. The van der Waals surface area contributed by atoms with Crippen molar-refractivity contribution in [1.29, 1.82) is 0 Å². The minimum absolute atomic E-state index is 0.0748. The van der Waals surface area contributed by atoms with Crippen LogP contribution in [0.15, 0.2) is 52.7 Å². The molecule has 0 aromatic heterocycles. The first kappa shape index (κ1) is 13.9. The summed E-state index contributed by atoms with van der Waals surface area (Å²) in [4.78, 5) is 14.3. The van der Waals surface area contributed by atoms with Crippen molar-refractivity contribution in [3.05, 3.63) is 63.8 Å². The molecule has 3 nitrogen and oxygen atoms in total. The highest BCUT2D eigenvalue weighted by molar-refractivity contribution is 9.10. The van der Waals surface area contributed by atoms with Crippen molar-refractivity contribution in [2.45, 2.75) is 0 Å². The lowest BCUT2D eigenvalue weighted by molar-refractivity contribution is 0.101. The summed E-state index contributed by atoms with van der Waals surface area (Å²) in [5, 5.41) is 0. The molecular weight excluding hydrogens is 330 g/mol. The van der Waals surface area contributed by atoms with Crippen LogP contribution in [0.25, 0.3) is 6.08 Å². The molecule has 0 unspecified atom stereocenters. The molecule has 2 aromatic carbocycles. The van der Waals surface area contributed by atoms with Gasteiger partial charge in [0.1, 0.15) is 5.75 Å². The van der Waals surface area contributed by atoms with Crippen molar-refractivity contribution in [3.63, 3.8) is 0 Å². The molecule has 106 valence electrons. The highest BCUT2D eigenvalue weighted by atomic mass is 79.9. The third-order valence-electron chi connectivity index (χ3n) is 3.34. The predicted molar refractivity (Wildman–Crippen MR) is 87.8 cm³/mol. The van der Waals surface area contributed by atoms with Gasteiger partial charge in [0.15, 0.2) is 5.76 Å². The van der Waals surface area contributed by atoms with Gasteiger partial charge in [0.05, 0.1) is 5.56 Å². The molecule has 0 N–H and O–H groups in total. The van der Waals surface area contributed by atoms with Crippen LogP contribution in [-0.4, -0.2) is 19.9 Å². The number of halogens is 1. The van der Waals surface area contributed by atoms with E-state index in [1.54, 1.807) is 12.1 Å². The molecule has 3 rings (SSSR count). The van der Waals surface area contributed by atoms with Gasteiger partial charge in [-0.1, -0.05) is 28.1 Å². The van der Waals surface area contributed by atoms with Gasteiger partial charge >= 0.3 is 0 Å². The van der Waals surface area contributed by atoms with Crippen LogP contribution in [0.1, 0.15) is 15.9 Å². The van der Waals surface area contributed by atoms with Gasteiger partial charge in [0.2, 0.25) is 5.78 Å². The van der Waals surface area contributed by atoms with Gasteiger partial charge in [-0.15, -0.1) is 0 Å². The van der Waals surface area contributed by atoms with E-state index in [0.29, 0.717) is 17.1 Å². The monoisotopic (exact) mass is 343 g/mol. The lowest BCUT2D eigenvalue weighted by atomic mass is 10.1. The quantitative estimate of drug-likeness (QED) is 0.767. The molecule has 4 heteroatoms. The van der Waals surface area contributed by atoms with Crippen LogP contribution in [0.4, 0.5) is 5.69 Å². The van der Waals surface area contributed by atoms with Crippen LogP contribution in [0.2, 0.25) is 0 Å². The lowest BCUT2D eigenvalue weighted by Gasteiger charge is -2.11. The zero-order chi connectivity index (χ0) is 15.0. The minimum Gasteiger partial charge on any atom is -0.452 e. The molecule has 0 saturated heterocycles. The van der Waals surface area contributed by atoms with Gasteiger partial charge in [-0.05, 0) is 42.0 Å². The molecule has 2 aromatic rings. The second kappa shape index (κ2) is 5.37. The van der Waals surface area contributed by atoms with E-state index in [1.165, 1.54) is 0 Å². The minimum atomic E-state index is -0.0748. The Bertz CT molecular complexity index is 733. The Morgan fingerprint density at radius 1 is 1.10 bits per heavy atom. The van der Waals surface area contributed by atoms with E-state index in [-0.39, 0.29) is 5.78 Å². The summed E-state index contributed by atoms with van der Waals surface area (Å²) in [7, 11) is 3.98. The number of ketones is 1. The molecule has 1 heterocycles. The number of ether oxygens (including phenoxy) is 1. The third kappa shape index (κ3) is 2.72. The van der Waals surface area contributed by atoms with E-state index >= 15 is 0 Å². The van der Waals surface area contributed by atoms with Gasteiger partial charge in [-0.2, -0.15) is 0 Å². The second-order valence-electron chi connectivity index (χ2n) is 5.07. The Labute approximate surface area is 132 Å². The Morgan fingerprint density at radius 2 is 1.81 bits per heavy atom. The van der Waals surface area contributed by atoms with E-state index in [1.807, 2.05) is 55.4 Å². The Kier molecular flexibility index (Phi) is 3.55. The van der Waals surface area contributed by atoms with E-state index in [4.69, 9.17) is 4.74 Å². The maximum atomic E-state index is 12.3. The molecule has 0 bridgehead atoms. The van der Waals surface area contributed by atoms with Crippen LogP contribution >= 0.6 is 15.9 Å². The summed E-state index contributed by atoms with van der Waals surface area (Å²) in [6, 6.07) is 13.4. The maximum Gasteiger partial charge on any atom is 0.231 e. The average molecular weight is 344 g/mol. The van der Waals surface area contributed by atoms with Crippen molar-refractivity contribution in [2.24, 2.45) is 0 Å². The topological polar surface area (TPSA) is 29.5 Å². The summed E-state index contributed by atoms with van der Waals surface area (Å²) in [6.07, 6.45) is 1.77. The molecule has 21 heavy (non-hydrogen) atoms. The summed E-state index contributed by atoms with van der Waals surface area (Å²) < 4.78 is 6.55. The molecule has 0 amide bonds. The van der Waals surface area contributed by atoms with Crippen LogP contribution in [0, 0.1) is 0 Å². The van der Waals surface area contributed by atoms with Crippen molar-refractivity contribution in [2.75, 3.05) is 19.0 Å². The molecule has 0 atom stereocenters. The molecule has 0 fully saturated rings. The fraction of sp³-hybridized carbons (Fsp3) is 0.118. The number of carbonyl (C=O) groups is 1. The Hall–Kier alpha value is -2.07. The number of hydrogen-bond donors (Lipinski definition) is 0. The van der Waals surface area contributed by atoms with Crippen LogP contribution in [0.5, 0.6) is 5.75 Å². The highest BCUT2D eigenvalue weighted by Crippen LogP contribution is 2.34. The van der Waals surface area contributed by atoms with E-state index in [9.17, 15) is 4.79 Å². The van der Waals surface area contributed by atoms with Gasteiger partial charge in [-0.25, -0.2) is 0 Å². The number of anilines is 1. The first-order valence-electron chi connectivity index (χ1n) is 6.56. The zero-order valence-electron chi connectivity index (χ0n) is 11.8. The number of carbonyl (C=O) groups excluding carboxylic acids is 1. The molecule has 0 aliphatic carbocycles. The van der Waals surface area contributed by atoms with Crippen LogP contribution < -0.4 is 9.64 Å². The number of nitrogens with zero attached hydrogens (tertiary/aromatic N) is 1.